The van der Waals surface area contributed by atoms with Crippen molar-refractivity contribution in [3.8, 4) is 16.9 Å². The second kappa shape index (κ2) is 4.30. The van der Waals surface area contributed by atoms with Crippen LogP contribution in [0.1, 0.15) is 15.9 Å². The molecule has 0 saturated heterocycles. The number of halogens is 1. The van der Waals surface area contributed by atoms with Gasteiger partial charge in [-0.05, 0) is 17.7 Å². The van der Waals surface area contributed by atoms with E-state index in [1.807, 2.05) is 0 Å². The first kappa shape index (κ1) is 13.3. The van der Waals surface area contributed by atoms with Crippen LogP contribution in [0.5, 0.6) is 5.75 Å². The highest BCUT2D eigenvalue weighted by Gasteiger charge is 2.30. The van der Waals surface area contributed by atoms with Crippen molar-refractivity contribution in [1.29, 1.82) is 0 Å². The summed E-state index contributed by atoms with van der Waals surface area (Å²) in [6.45, 7) is 0. The monoisotopic (exact) mass is 355 g/mol. The van der Waals surface area contributed by atoms with E-state index in [1.165, 1.54) is 4.57 Å². The van der Waals surface area contributed by atoms with Crippen LogP contribution in [0.4, 0.5) is 0 Å². The molecular formula is C17H10BrNO3. The molecule has 1 N–H and O–H groups in total. The Labute approximate surface area is 133 Å². The number of carbonyl (C=O) groups excluding carboxylic acids is 1. The van der Waals surface area contributed by atoms with Gasteiger partial charge in [-0.2, -0.15) is 0 Å². The Hall–Kier alpha value is -2.40. The van der Waals surface area contributed by atoms with Gasteiger partial charge in [-0.3, -0.25) is 9.59 Å². The third-order valence-corrected chi connectivity index (χ3v) is 4.82. The maximum Gasteiger partial charge on any atom is 0.293 e. The van der Waals surface area contributed by atoms with E-state index in [-0.39, 0.29) is 11.5 Å². The lowest BCUT2D eigenvalue weighted by atomic mass is 9.83. The zero-order valence-electron chi connectivity index (χ0n) is 11.6. The largest absolute Gasteiger partial charge is 0.503 e. The Kier molecular flexibility index (Phi) is 2.60. The molecule has 1 aliphatic carbocycles. The van der Waals surface area contributed by atoms with Gasteiger partial charge in [0, 0.05) is 33.6 Å². The predicted octanol–water partition coefficient (Wildman–Crippen LogP) is 3.22. The third-order valence-electron chi connectivity index (χ3n) is 4.16. The molecule has 4 nitrogen and oxygen atoms in total. The second-order valence-corrected chi connectivity index (χ2v) is 6.13. The van der Waals surface area contributed by atoms with E-state index in [9.17, 15) is 14.7 Å². The van der Waals surface area contributed by atoms with Gasteiger partial charge in [0.2, 0.25) is 0 Å². The van der Waals surface area contributed by atoms with Crippen LogP contribution in [-0.2, 0) is 7.05 Å². The molecule has 1 aliphatic rings. The van der Waals surface area contributed by atoms with Crippen LogP contribution in [0.25, 0.3) is 22.0 Å². The minimum atomic E-state index is -0.472. The lowest BCUT2D eigenvalue weighted by molar-refractivity contribution is 0.103. The number of aromatic nitrogens is 1. The Balaban J connectivity index is 2.40. The summed E-state index contributed by atoms with van der Waals surface area (Å²) in [5.74, 6) is -0.437. The summed E-state index contributed by atoms with van der Waals surface area (Å²) >= 11 is 3.42. The van der Waals surface area contributed by atoms with Crippen molar-refractivity contribution >= 4 is 32.6 Å². The Morgan fingerprint density at radius 2 is 1.68 bits per heavy atom. The van der Waals surface area contributed by atoms with Gasteiger partial charge < -0.3 is 9.67 Å². The number of ketones is 1. The van der Waals surface area contributed by atoms with E-state index in [2.05, 4.69) is 15.9 Å². The molecule has 108 valence electrons. The van der Waals surface area contributed by atoms with E-state index in [0.717, 1.165) is 0 Å². The molecule has 1 aromatic heterocycles. The van der Waals surface area contributed by atoms with Gasteiger partial charge in [-0.15, -0.1) is 0 Å². The highest BCUT2D eigenvalue weighted by atomic mass is 79.9. The summed E-state index contributed by atoms with van der Waals surface area (Å²) in [6, 6.07) is 10.6. The van der Waals surface area contributed by atoms with Crippen LogP contribution < -0.4 is 5.56 Å². The fourth-order valence-corrected chi connectivity index (χ4v) is 3.62. The summed E-state index contributed by atoms with van der Waals surface area (Å²) < 4.78 is 2.02. The Morgan fingerprint density at radius 1 is 1.00 bits per heavy atom. The quantitative estimate of drug-likeness (QED) is 0.526. The maximum absolute atomic E-state index is 12.8. The van der Waals surface area contributed by atoms with E-state index in [4.69, 9.17) is 0 Å². The third kappa shape index (κ3) is 1.46. The van der Waals surface area contributed by atoms with Crippen molar-refractivity contribution in [3.63, 3.8) is 0 Å². The number of carbonyl (C=O) groups is 1. The average molecular weight is 356 g/mol. The zero-order valence-corrected chi connectivity index (χ0v) is 13.1. The Morgan fingerprint density at radius 3 is 2.41 bits per heavy atom. The normalized spacial score (nSPS) is 12.5. The minimum absolute atomic E-state index is 0.112. The van der Waals surface area contributed by atoms with Gasteiger partial charge in [0.25, 0.3) is 5.56 Å². The number of hydrogen-bond donors (Lipinski definition) is 1. The number of benzene rings is 2. The van der Waals surface area contributed by atoms with Crippen molar-refractivity contribution in [2.45, 2.75) is 0 Å². The molecule has 0 spiro atoms. The predicted molar refractivity (Wildman–Crippen MR) is 87.4 cm³/mol. The fraction of sp³-hybridized carbons (Fsp3) is 0.0588. The van der Waals surface area contributed by atoms with Crippen LogP contribution in [-0.4, -0.2) is 15.5 Å². The molecular weight excluding hydrogens is 346 g/mol. The topological polar surface area (TPSA) is 59.3 Å². The molecule has 0 atom stereocenters. The number of nitrogens with zero attached hydrogens (tertiary/aromatic N) is 1. The second-order valence-electron chi connectivity index (χ2n) is 5.28. The van der Waals surface area contributed by atoms with Gasteiger partial charge >= 0.3 is 0 Å². The van der Waals surface area contributed by atoms with Crippen molar-refractivity contribution in [2.75, 3.05) is 0 Å². The number of aryl methyl sites for hydroxylation is 1. The highest BCUT2D eigenvalue weighted by molar-refractivity contribution is 9.10. The molecule has 0 amide bonds. The van der Waals surface area contributed by atoms with Gasteiger partial charge in [0.1, 0.15) is 0 Å². The first-order valence-corrected chi connectivity index (χ1v) is 7.50. The molecule has 0 fully saturated rings. The maximum atomic E-state index is 12.8. The first-order chi connectivity index (χ1) is 10.5. The first-order valence-electron chi connectivity index (χ1n) is 6.70. The number of rotatable bonds is 0. The average Bonchev–Trinajstić information content (AvgIpc) is 2.52. The number of aromatic hydroxyl groups is 1. The Bertz CT molecular complexity index is 1050. The van der Waals surface area contributed by atoms with Crippen LogP contribution in [0.3, 0.4) is 0 Å². The van der Waals surface area contributed by atoms with Gasteiger partial charge in [0.15, 0.2) is 11.5 Å². The van der Waals surface area contributed by atoms with Gasteiger partial charge in [-0.25, -0.2) is 0 Å². The summed E-state index contributed by atoms with van der Waals surface area (Å²) in [7, 11) is 1.59. The molecule has 0 radical (unpaired) electrons. The molecule has 0 unspecified atom stereocenters. The number of hydrogen-bond acceptors (Lipinski definition) is 3. The van der Waals surface area contributed by atoms with E-state index < -0.39 is 5.56 Å². The van der Waals surface area contributed by atoms with Crippen molar-refractivity contribution < 1.29 is 9.90 Å². The summed E-state index contributed by atoms with van der Waals surface area (Å²) in [4.78, 5) is 25.1. The van der Waals surface area contributed by atoms with E-state index in [1.54, 1.807) is 43.4 Å². The molecule has 3 aromatic rings. The zero-order chi connectivity index (χ0) is 15.6. The fourth-order valence-electron chi connectivity index (χ4n) is 3.11. The number of pyridine rings is 1. The van der Waals surface area contributed by atoms with Gasteiger partial charge in [-0.1, -0.05) is 40.2 Å². The molecule has 2 aromatic carbocycles. The van der Waals surface area contributed by atoms with Crippen molar-refractivity contribution in [3.05, 3.63) is 62.4 Å². The smallest absolute Gasteiger partial charge is 0.293 e. The molecule has 1 heterocycles. The molecule has 0 bridgehead atoms. The summed E-state index contributed by atoms with van der Waals surface area (Å²) in [5.41, 5.74) is 2.16. The molecule has 0 aliphatic heterocycles. The summed E-state index contributed by atoms with van der Waals surface area (Å²) in [5, 5.41) is 11.0. The molecule has 0 saturated carbocycles. The SMILES string of the molecule is Cn1c(=O)c(O)c2c3c(c(Br)ccc31)C(=O)c1ccccc1-2. The highest BCUT2D eigenvalue weighted by Crippen LogP contribution is 2.44. The van der Waals surface area contributed by atoms with Gasteiger partial charge in [0.05, 0.1) is 5.52 Å². The van der Waals surface area contributed by atoms with Crippen molar-refractivity contribution in [1.82, 2.24) is 4.57 Å². The van der Waals surface area contributed by atoms with Crippen LogP contribution in [0.15, 0.2) is 45.7 Å². The van der Waals surface area contributed by atoms with Crippen LogP contribution >= 0.6 is 15.9 Å². The lowest BCUT2D eigenvalue weighted by Crippen LogP contribution is -2.21. The van der Waals surface area contributed by atoms with E-state index >= 15 is 0 Å². The minimum Gasteiger partial charge on any atom is -0.503 e. The lowest BCUT2D eigenvalue weighted by Gasteiger charge is -2.22. The summed E-state index contributed by atoms with van der Waals surface area (Å²) in [6.07, 6.45) is 0. The van der Waals surface area contributed by atoms with Crippen LogP contribution in [0.2, 0.25) is 0 Å². The van der Waals surface area contributed by atoms with E-state index in [0.29, 0.717) is 37.6 Å². The number of fused-ring (bicyclic) bond motifs is 2. The standard InChI is InChI=1S/C17H10BrNO3/c1-19-11-7-6-10(18)13-14(11)12(16(21)17(19)22)8-4-2-3-5-9(8)15(13)20/h2-7,21H,1H3. The van der Waals surface area contributed by atoms with Crippen LogP contribution in [0, 0.1) is 0 Å². The molecule has 22 heavy (non-hydrogen) atoms. The molecule has 4 rings (SSSR count). The molecule has 5 heteroatoms. The van der Waals surface area contributed by atoms with Crippen molar-refractivity contribution in [2.24, 2.45) is 7.05 Å².